The van der Waals surface area contributed by atoms with Crippen LogP contribution in [-0.4, -0.2) is 18.5 Å². The maximum atomic E-state index is 12.2. The summed E-state index contributed by atoms with van der Waals surface area (Å²) in [5.41, 5.74) is 1.64. The van der Waals surface area contributed by atoms with E-state index < -0.39 is 0 Å². The number of halogens is 1. The molecular formula is C18H18BrNO3. The first-order chi connectivity index (χ1) is 11.1. The van der Waals surface area contributed by atoms with E-state index in [1.807, 2.05) is 19.1 Å². The minimum atomic E-state index is -0.345. The lowest BCUT2D eigenvalue weighted by atomic mass is 10.2. The van der Waals surface area contributed by atoms with Crippen molar-refractivity contribution in [1.29, 1.82) is 0 Å². The summed E-state index contributed by atoms with van der Waals surface area (Å²) in [6.45, 7) is 2.46. The van der Waals surface area contributed by atoms with Gasteiger partial charge < -0.3 is 10.1 Å². The highest BCUT2D eigenvalue weighted by atomic mass is 79.9. The molecule has 0 aliphatic heterocycles. The Hall–Kier alpha value is -2.14. The van der Waals surface area contributed by atoms with Gasteiger partial charge >= 0.3 is 5.97 Å². The SMILES string of the molecule is CCCCOC(=O)c1ccc(NC(=O)c2ccccc2Br)cc1. The van der Waals surface area contributed by atoms with Crippen LogP contribution >= 0.6 is 15.9 Å². The average Bonchev–Trinajstić information content (AvgIpc) is 2.56. The van der Waals surface area contributed by atoms with Gasteiger partial charge in [0.1, 0.15) is 0 Å². The van der Waals surface area contributed by atoms with Crippen LogP contribution < -0.4 is 5.32 Å². The lowest BCUT2D eigenvalue weighted by Crippen LogP contribution is -2.12. The highest BCUT2D eigenvalue weighted by molar-refractivity contribution is 9.10. The molecule has 1 N–H and O–H groups in total. The summed E-state index contributed by atoms with van der Waals surface area (Å²) >= 11 is 3.35. The van der Waals surface area contributed by atoms with E-state index in [0.717, 1.165) is 17.3 Å². The summed E-state index contributed by atoms with van der Waals surface area (Å²) in [6.07, 6.45) is 1.83. The van der Waals surface area contributed by atoms with Crippen molar-refractivity contribution in [3.63, 3.8) is 0 Å². The molecule has 2 rings (SSSR count). The molecule has 0 saturated heterocycles. The van der Waals surface area contributed by atoms with Crippen molar-refractivity contribution in [3.8, 4) is 0 Å². The van der Waals surface area contributed by atoms with Crippen molar-refractivity contribution in [2.24, 2.45) is 0 Å². The van der Waals surface area contributed by atoms with Crippen LogP contribution in [0.25, 0.3) is 0 Å². The molecule has 0 fully saturated rings. The molecule has 0 unspecified atom stereocenters. The third-order valence-corrected chi connectivity index (χ3v) is 3.92. The minimum absolute atomic E-state index is 0.212. The number of anilines is 1. The topological polar surface area (TPSA) is 55.4 Å². The molecule has 0 heterocycles. The Morgan fingerprint density at radius 1 is 1.09 bits per heavy atom. The number of hydrogen-bond acceptors (Lipinski definition) is 3. The molecule has 0 bridgehead atoms. The van der Waals surface area contributed by atoms with Crippen LogP contribution in [-0.2, 0) is 4.74 Å². The highest BCUT2D eigenvalue weighted by Crippen LogP contribution is 2.18. The number of unbranched alkanes of at least 4 members (excludes halogenated alkanes) is 1. The molecule has 120 valence electrons. The number of carbonyl (C=O) groups excluding carboxylic acids is 2. The lowest BCUT2D eigenvalue weighted by molar-refractivity contribution is 0.0499. The molecular weight excluding hydrogens is 358 g/mol. The quantitative estimate of drug-likeness (QED) is 0.589. The Kier molecular flexibility index (Phi) is 6.35. The third kappa shape index (κ3) is 4.93. The van der Waals surface area contributed by atoms with E-state index in [-0.39, 0.29) is 11.9 Å². The first-order valence-corrected chi connectivity index (χ1v) is 8.24. The maximum Gasteiger partial charge on any atom is 0.338 e. The van der Waals surface area contributed by atoms with Crippen molar-refractivity contribution in [2.45, 2.75) is 19.8 Å². The molecule has 23 heavy (non-hydrogen) atoms. The zero-order chi connectivity index (χ0) is 16.7. The van der Waals surface area contributed by atoms with Crippen molar-refractivity contribution >= 4 is 33.5 Å². The molecule has 0 saturated carbocycles. The summed E-state index contributed by atoms with van der Waals surface area (Å²) in [6, 6.07) is 13.8. The average molecular weight is 376 g/mol. The van der Waals surface area contributed by atoms with Crippen molar-refractivity contribution in [3.05, 3.63) is 64.1 Å². The Bertz CT molecular complexity index is 683. The molecule has 0 aliphatic rings. The maximum absolute atomic E-state index is 12.2. The molecule has 2 aromatic carbocycles. The number of esters is 1. The number of nitrogens with one attached hydrogen (secondary N) is 1. The fourth-order valence-corrected chi connectivity index (χ4v) is 2.39. The zero-order valence-corrected chi connectivity index (χ0v) is 14.4. The number of amides is 1. The molecule has 0 aromatic heterocycles. The van der Waals surface area contributed by atoms with E-state index in [1.54, 1.807) is 36.4 Å². The monoisotopic (exact) mass is 375 g/mol. The molecule has 2 aromatic rings. The van der Waals surface area contributed by atoms with Crippen molar-refractivity contribution in [1.82, 2.24) is 0 Å². The number of ether oxygens (including phenoxy) is 1. The first-order valence-electron chi connectivity index (χ1n) is 7.45. The molecule has 4 nitrogen and oxygen atoms in total. The Balaban J connectivity index is 1.99. The molecule has 0 atom stereocenters. The van der Waals surface area contributed by atoms with Crippen molar-refractivity contribution in [2.75, 3.05) is 11.9 Å². The van der Waals surface area contributed by atoms with Crippen molar-refractivity contribution < 1.29 is 14.3 Å². The Morgan fingerprint density at radius 2 is 1.78 bits per heavy atom. The van der Waals surface area contributed by atoms with Gasteiger partial charge in [-0.1, -0.05) is 25.5 Å². The summed E-state index contributed by atoms with van der Waals surface area (Å²) < 4.78 is 5.87. The zero-order valence-electron chi connectivity index (χ0n) is 12.8. The van der Waals surface area contributed by atoms with Crippen LogP contribution in [0.4, 0.5) is 5.69 Å². The van der Waals surface area contributed by atoms with Crippen LogP contribution in [0.1, 0.15) is 40.5 Å². The van der Waals surface area contributed by atoms with Gasteiger partial charge in [-0.15, -0.1) is 0 Å². The normalized spacial score (nSPS) is 10.2. The van der Waals surface area contributed by atoms with Gasteiger partial charge in [0.15, 0.2) is 0 Å². The van der Waals surface area contributed by atoms with Crippen LogP contribution in [0, 0.1) is 0 Å². The van der Waals surface area contributed by atoms with E-state index in [9.17, 15) is 9.59 Å². The second-order valence-electron chi connectivity index (χ2n) is 5.00. The Labute approximate surface area is 144 Å². The molecule has 0 radical (unpaired) electrons. The fourth-order valence-electron chi connectivity index (χ4n) is 1.93. The molecule has 0 aliphatic carbocycles. The highest BCUT2D eigenvalue weighted by Gasteiger charge is 2.11. The summed E-state index contributed by atoms with van der Waals surface area (Å²) in [4.78, 5) is 24.0. The second-order valence-corrected chi connectivity index (χ2v) is 5.86. The smallest absolute Gasteiger partial charge is 0.338 e. The van der Waals surface area contributed by atoms with Crippen LogP contribution in [0.5, 0.6) is 0 Å². The van der Waals surface area contributed by atoms with Crippen LogP contribution in [0.2, 0.25) is 0 Å². The van der Waals surface area contributed by atoms with Gasteiger partial charge in [-0.3, -0.25) is 4.79 Å². The predicted octanol–water partition coefficient (Wildman–Crippen LogP) is 4.66. The standard InChI is InChI=1S/C18H18BrNO3/c1-2-3-12-23-18(22)13-8-10-14(11-9-13)20-17(21)15-6-4-5-7-16(15)19/h4-11H,2-3,12H2,1H3,(H,20,21). The lowest BCUT2D eigenvalue weighted by Gasteiger charge is -2.08. The van der Waals surface area contributed by atoms with E-state index >= 15 is 0 Å². The second kappa shape index (κ2) is 8.48. The van der Waals surface area contributed by atoms with Crippen LogP contribution in [0.3, 0.4) is 0 Å². The largest absolute Gasteiger partial charge is 0.462 e. The van der Waals surface area contributed by atoms with Gasteiger partial charge in [0.25, 0.3) is 5.91 Å². The number of benzene rings is 2. The summed E-state index contributed by atoms with van der Waals surface area (Å²) in [5.74, 6) is -0.558. The van der Waals surface area contributed by atoms with Gasteiger partial charge in [0.05, 0.1) is 17.7 Å². The minimum Gasteiger partial charge on any atom is -0.462 e. The summed E-state index contributed by atoms with van der Waals surface area (Å²) in [5, 5.41) is 2.80. The number of rotatable bonds is 6. The Morgan fingerprint density at radius 3 is 2.43 bits per heavy atom. The summed E-state index contributed by atoms with van der Waals surface area (Å²) in [7, 11) is 0. The van der Waals surface area contributed by atoms with Gasteiger partial charge in [-0.2, -0.15) is 0 Å². The number of carbonyl (C=O) groups is 2. The van der Waals surface area contributed by atoms with Gasteiger partial charge in [-0.25, -0.2) is 4.79 Å². The third-order valence-electron chi connectivity index (χ3n) is 3.23. The van der Waals surface area contributed by atoms with E-state index in [1.165, 1.54) is 0 Å². The van der Waals surface area contributed by atoms with E-state index in [0.29, 0.717) is 23.4 Å². The molecule has 5 heteroatoms. The van der Waals surface area contributed by atoms with E-state index in [2.05, 4.69) is 21.2 Å². The van der Waals surface area contributed by atoms with E-state index in [4.69, 9.17) is 4.74 Å². The first kappa shape index (κ1) is 17.2. The van der Waals surface area contributed by atoms with Crippen LogP contribution in [0.15, 0.2) is 53.0 Å². The molecule has 0 spiro atoms. The number of hydrogen-bond donors (Lipinski definition) is 1. The molecule has 1 amide bonds. The fraction of sp³-hybridized carbons (Fsp3) is 0.222. The van der Waals surface area contributed by atoms with Gasteiger partial charge in [-0.05, 0) is 58.7 Å². The predicted molar refractivity (Wildman–Crippen MR) is 93.7 cm³/mol. The van der Waals surface area contributed by atoms with Gasteiger partial charge in [0, 0.05) is 10.2 Å². The van der Waals surface area contributed by atoms with Gasteiger partial charge in [0.2, 0.25) is 0 Å².